The van der Waals surface area contributed by atoms with E-state index < -0.39 is 17.9 Å². The van der Waals surface area contributed by atoms with Crippen LogP contribution in [0.2, 0.25) is 0 Å². The minimum Gasteiger partial charge on any atom is -0.490 e. The van der Waals surface area contributed by atoms with Crippen molar-refractivity contribution in [1.82, 2.24) is 5.32 Å². The smallest absolute Gasteiger partial charge is 0.326 e. The third-order valence-corrected chi connectivity index (χ3v) is 2.72. The number of hydrogen-bond donors (Lipinski definition) is 2. The van der Waals surface area contributed by atoms with Crippen LogP contribution in [0.1, 0.15) is 26.7 Å². The lowest BCUT2D eigenvalue weighted by Crippen LogP contribution is -2.42. The van der Waals surface area contributed by atoms with Crippen LogP contribution in [0.4, 0.5) is 0 Å². The fourth-order valence-corrected chi connectivity index (χ4v) is 1.77. The number of nitrogens with one attached hydrogen (secondary N) is 1. The van der Waals surface area contributed by atoms with E-state index in [0.717, 1.165) is 0 Å². The molecule has 21 heavy (non-hydrogen) atoms. The summed E-state index contributed by atoms with van der Waals surface area (Å²) in [6, 6.07) is 6.13. The molecule has 0 spiro atoms. The number of para-hydroxylation sites is 2. The molecule has 1 amide bonds. The number of hydrogen-bond acceptors (Lipinski definition) is 4. The number of carboxylic acids is 1. The summed E-state index contributed by atoms with van der Waals surface area (Å²) in [5.74, 6) is -0.505. The van der Waals surface area contributed by atoms with Crippen LogP contribution in [0.15, 0.2) is 24.3 Å². The van der Waals surface area contributed by atoms with Crippen molar-refractivity contribution in [2.45, 2.75) is 32.7 Å². The van der Waals surface area contributed by atoms with Crippen molar-refractivity contribution in [3.63, 3.8) is 0 Å². The molecule has 0 aliphatic heterocycles. The molecule has 1 aromatic carbocycles. The molecule has 116 valence electrons. The standard InChI is InChI=1S/C15H21NO5/c1-3-7-11(15(18)19)16-14(17)10-21-13-9-6-5-8-12(13)20-4-2/h5-6,8-9,11H,3-4,7,10H2,1-2H3,(H,16,17)(H,18,19)/t11-/m1/s1. The maximum atomic E-state index is 11.7. The summed E-state index contributed by atoms with van der Waals surface area (Å²) >= 11 is 0. The zero-order chi connectivity index (χ0) is 15.7. The van der Waals surface area contributed by atoms with E-state index in [0.29, 0.717) is 30.9 Å². The third kappa shape index (κ3) is 5.72. The van der Waals surface area contributed by atoms with Gasteiger partial charge in [0, 0.05) is 0 Å². The zero-order valence-electron chi connectivity index (χ0n) is 12.3. The largest absolute Gasteiger partial charge is 0.490 e. The number of aliphatic carboxylic acids is 1. The van der Waals surface area contributed by atoms with Gasteiger partial charge in [0.2, 0.25) is 0 Å². The molecule has 0 saturated carbocycles. The van der Waals surface area contributed by atoms with Crippen LogP contribution in [-0.2, 0) is 9.59 Å². The number of carboxylic acid groups (broad SMARTS) is 1. The number of carbonyl (C=O) groups excluding carboxylic acids is 1. The number of benzene rings is 1. The van der Waals surface area contributed by atoms with Gasteiger partial charge >= 0.3 is 5.97 Å². The van der Waals surface area contributed by atoms with Gasteiger partial charge in [-0.15, -0.1) is 0 Å². The Hall–Kier alpha value is -2.24. The second-order valence-electron chi connectivity index (χ2n) is 4.42. The van der Waals surface area contributed by atoms with Crippen LogP contribution in [0.25, 0.3) is 0 Å². The molecule has 0 aliphatic rings. The topological polar surface area (TPSA) is 84.9 Å². The Morgan fingerprint density at radius 1 is 1.19 bits per heavy atom. The average Bonchev–Trinajstić information content (AvgIpc) is 2.46. The highest BCUT2D eigenvalue weighted by Crippen LogP contribution is 2.26. The second-order valence-corrected chi connectivity index (χ2v) is 4.42. The van der Waals surface area contributed by atoms with Crippen molar-refractivity contribution in [2.75, 3.05) is 13.2 Å². The van der Waals surface area contributed by atoms with Gasteiger partial charge in [0.25, 0.3) is 5.91 Å². The number of ether oxygens (including phenoxy) is 2. The first kappa shape index (κ1) is 16.8. The molecule has 1 aromatic rings. The molecule has 0 aromatic heterocycles. The van der Waals surface area contributed by atoms with Crippen molar-refractivity contribution in [2.24, 2.45) is 0 Å². The average molecular weight is 295 g/mol. The fourth-order valence-electron chi connectivity index (χ4n) is 1.77. The monoisotopic (exact) mass is 295 g/mol. The Morgan fingerprint density at radius 2 is 1.81 bits per heavy atom. The molecule has 0 heterocycles. The lowest BCUT2D eigenvalue weighted by Gasteiger charge is -2.15. The van der Waals surface area contributed by atoms with Crippen molar-refractivity contribution in [3.05, 3.63) is 24.3 Å². The van der Waals surface area contributed by atoms with E-state index >= 15 is 0 Å². The Labute approximate surface area is 124 Å². The highest BCUT2D eigenvalue weighted by atomic mass is 16.5. The Bertz CT molecular complexity index is 475. The SMILES string of the molecule is CCC[C@@H](NC(=O)COc1ccccc1OCC)C(=O)O. The summed E-state index contributed by atoms with van der Waals surface area (Å²) in [4.78, 5) is 22.7. The third-order valence-electron chi connectivity index (χ3n) is 2.72. The molecule has 6 nitrogen and oxygen atoms in total. The highest BCUT2D eigenvalue weighted by molar-refractivity contribution is 5.84. The molecule has 6 heteroatoms. The predicted molar refractivity (Wildman–Crippen MR) is 77.6 cm³/mol. The van der Waals surface area contributed by atoms with E-state index in [2.05, 4.69) is 5.32 Å². The van der Waals surface area contributed by atoms with Gasteiger partial charge in [-0.1, -0.05) is 25.5 Å². The number of carbonyl (C=O) groups is 2. The van der Waals surface area contributed by atoms with Crippen molar-refractivity contribution in [3.8, 4) is 11.5 Å². The minimum atomic E-state index is -1.04. The Morgan fingerprint density at radius 3 is 2.33 bits per heavy atom. The van der Waals surface area contributed by atoms with Gasteiger partial charge in [0.15, 0.2) is 18.1 Å². The normalized spacial score (nSPS) is 11.5. The van der Waals surface area contributed by atoms with E-state index in [9.17, 15) is 9.59 Å². The number of rotatable bonds is 9. The van der Waals surface area contributed by atoms with Crippen molar-refractivity contribution in [1.29, 1.82) is 0 Å². The maximum absolute atomic E-state index is 11.7. The summed E-state index contributed by atoms with van der Waals surface area (Å²) in [5.41, 5.74) is 0. The summed E-state index contributed by atoms with van der Waals surface area (Å²) in [6.07, 6.45) is 1.06. The molecule has 0 radical (unpaired) electrons. The molecule has 0 fully saturated rings. The van der Waals surface area contributed by atoms with Gasteiger partial charge in [-0.05, 0) is 25.5 Å². The summed E-state index contributed by atoms with van der Waals surface area (Å²) < 4.78 is 10.8. The van der Waals surface area contributed by atoms with Gasteiger partial charge in [-0.3, -0.25) is 4.79 Å². The molecule has 0 unspecified atom stereocenters. The molecular formula is C15H21NO5. The van der Waals surface area contributed by atoms with Gasteiger partial charge in [0.1, 0.15) is 6.04 Å². The molecule has 0 saturated heterocycles. The van der Waals surface area contributed by atoms with Crippen molar-refractivity contribution < 1.29 is 24.2 Å². The van der Waals surface area contributed by atoms with E-state index in [1.165, 1.54) is 0 Å². The van der Waals surface area contributed by atoms with Crippen LogP contribution in [0, 0.1) is 0 Å². The fraction of sp³-hybridized carbons (Fsp3) is 0.467. The Balaban J connectivity index is 2.54. The first-order valence-electron chi connectivity index (χ1n) is 6.95. The summed E-state index contributed by atoms with van der Waals surface area (Å²) in [6.45, 7) is 3.95. The maximum Gasteiger partial charge on any atom is 0.326 e. The van der Waals surface area contributed by atoms with Crippen LogP contribution >= 0.6 is 0 Å². The quantitative estimate of drug-likeness (QED) is 0.726. The zero-order valence-corrected chi connectivity index (χ0v) is 12.3. The first-order valence-corrected chi connectivity index (χ1v) is 6.95. The van der Waals surface area contributed by atoms with Crippen LogP contribution < -0.4 is 14.8 Å². The van der Waals surface area contributed by atoms with E-state index in [-0.39, 0.29) is 6.61 Å². The predicted octanol–water partition coefficient (Wildman–Crippen LogP) is 1.83. The van der Waals surface area contributed by atoms with Crippen LogP contribution in [0.5, 0.6) is 11.5 Å². The number of amides is 1. The van der Waals surface area contributed by atoms with Crippen molar-refractivity contribution >= 4 is 11.9 Å². The van der Waals surface area contributed by atoms with Crippen LogP contribution in [-0.4, -0.2) is 36.2 Å². The molecule has 1 rings (SSSR count). The molecule has 0 bridgehead atoms. The van der Waals surface area contributed by atoms with E-state index in [1.807, 2.05) is 13.8 Å². The lowest BCUT2D eigenvalue weighted by molar-refractivity contribution is -0.142. The second kappa shape index (κ2) is 8.84. The van der Waals surface area contributed by atoms with Gasteiger partial charge in [-0.2, -0.15) is 0 Å². The minimum absolute atomic E-state index is 0.252. The van der Waals surface area contributed by atoms with Crippen LogP contribution in [0.3, 0.4) is 0 Å². The van der Waals surface area contributed by atoms with Gasteiger partial charge < -0.3 is 19.9 Å². The van der Waals surface area contributed by atoms with Gasteiger partial charge in [-0.25, -0.2) is 4.79 Å². The first-order chi connectivity index (χ1) is 10.1. The summed E-state index contributed by atoms with van der Waals surface area (Å²) in [7, 11) is 0. The summed E-state index contributed by atoms with van der Waals surface area (Å²) in [5, 5.41) is 11.4. The van der Waals surface area contributed by atoms with Gasteiger partial charge in [0.05, 0.1) is 6.61 Å². The molecular weight excluding hydrogens is 274 g/mol. The van der Waals surface area contributed by atoms with E-state index in [1.54, 1.807) is 24.3 Å². The Kier molecular flexibility index (Phi) is 7.08. The molecule has 1 atom stereocenters. The van der Waals surface area contributed by atoms with E-state index in [4.69, 9.17) is 14.6 Å². The highest BCUT2D eigenvalue weighted by Gasteiger charge is 2.19. The molecule has 0 aliphatic carbocycles. The molecule has 2 N–H and O–H groups in total. The lowest BCUT2D eigenvalue weighted by atomic mass is 10.2.